The summed E-state index contributed by atoms with van der Waals surface area (Å²) in [5.41, 5.74) is 0. The Morgan fingerprint density at radius 1 is 1.46 bits per heavy atom. The Morgan fingerprint density at radius 2 is 2.23 bits per heavy atom. The van der Waals surface area contributed by atoms with E-state index in [1.807, 2.05) is 6.20 Å². The van der Waals surface area contributed by atoms with E-state index in [2.05, 4.69) is 36.1 Å². The van der Waals surface area contributed by atoms with E-state index in [0.717, 1.165) is 18.8 Å². The van der Waals surface area contributed by atoms with Crippen molar-refractivity contribution in [2.24, 2.45) is 5.92 Å². The van der Waals surface area contributed by atoms with Gasteiger partial charge in [-0.1, -0.05) is 13.8 Å². The van der Waals surface area contributed by atoms with Gasteiger partial charge in [0.2, 0.25) is 0 Å². The summed E-state index contributed by atoms with van der Waals surface area (Å²) in [5.74, 6) is 1.75. The summed E-state index contributed by atoms with van der Waals surface area (Å²) in [4.78, 5) is 7.25. The molecular weight excluding hydrogens is 162 g/mol. The highest BCUT2D eigenvalue weighted by Gasteiger charge is 2.05. The first-order valence-electron chi connectivity index (χ1n) is 4.91. The normalized spacial score (nSPS) is 13.5. The number of rotatable bonds is 5. The van der Waals surface area contributed by atoms with Crippen molar-refractivity contribution < 1.29 is 0 Å². The summed E-state index contributed by atoms with van der Waals surface area (Å²) in [6.45, 7) is 7.66. The number of nitrogens with one attached hydrogen (secondary N) is 2. The van der Waals surface area contributed by atoms with Crippen molar-refractivity contribution in [1.29, 1.82) is 0 Å². The van der Waals surface area contributed by atoms with Gasteiger partial charge in [-0.3, -0.25) is 0 Å². The molecule has 1 heterocycles. The van der Waals surface area contributed by atoms with Crippen LogP contribution in [0.1, 0.15) is 26.6 Å². The van der Waals surface area contributed by atoms with Crippen LogP contribution < -0.4 is 5.32 Å². The van der Waals surface area contributed by atoms with Crippen LogP contribution in [0.4, 0.5) is 0 Å². The third kappa shape index (κ3) is 3.59. The molecular formula is C10H19N3. The van der Waals surface area contributed by atoms with Crippen molar-refractivity contribution in [1.82, 2.24) is 15.3 Å². The Morgan fingerprint density at radius 3 is 2.77 bits per heavy atom. The second kappa shape index (κ2) is 5.02. The summed E-state index contributed by atoms with van der Waals surface area (Å²) in [7, 11) is 0. The number of aromatic amines is 1. The standard InChI is InChI=1S/C10H19N3/c1-8(2)9(3)11-5-4-10-12-6-7-13-10/h6-9,11H,4-5H2,1-3H3,(H,12,13). The van der Waals surface area contributed by atoms with Crippen LogP contribution in [0.25, 0.3) is 0 Å². The monoisotopic (exact) mass is 181 g/mol. The fraction of sp³-hybridized carbons (Fsp3) is 0.700. The van der Waals surface area contributed by atoms with Gasteiger partial charge in [-0.2, -0.15) is 0 Å². The van der Waals surface area contributed by atoms with Crippen LogP contribution >= 0.6 is 0 Å². The van der Waals surface area contributed by atoms with E-state index in [-0.39, 0.29) is 0 Å². The van der Waals surface area contributed by atoms with Crippen molar-refractivity contribution in [3.63, 3.8) is 0 Å². The Kier molecular flexibility index (Phi) is 3.96. The highest BCUT2D eigenvalue weighted by atomic mass is 14.9. The van der Waals surface area contributed by atoms with Crippen LogP contribution in [0.3, 0.4) is 0 Å². The molecule has 1 unspecified atom stereocenters. The summed E-state index contributed by atoms with van der Waals surface area (Å²) in [5, 5.41) is 3.46. The lowest BCUT2D eigenvalue weighted by Crippen LogP contribution is -2.32. The minimum absolute atomic E-state index is 0.579. The molecule has 1 aromatic heterocycles. The first kappa shape index (κ1) is 10.3. The molecule has 0 aliphatic heterocycles. The molecule has 0 saturated heterocycles. The Hall–Kier alpha value is -0.830. The lowest BCUT2D eigenvalue weighted by Gasteiger charge is -2.16. The predicted octanol–water partition coefficient (Wildman–Crippen LogP) is 1.59. The number of nitrogens with zero attached hydrogens (tertiary/aromatic N) is 1. The zero-order valence-electron chi connectivity index (χ0n) is 8.67. The van der Waals surface area contributed by atoms with Gasteiger partial charge in [-0.05, 0) is 12.8 Å². The van der Waals surface area contributed by atoms with Crippen LogP contribution in [-0.2, 0) is 6.42 Å². The molecule has 0 amide bonds. The average molecular weight is 181 g/mol. The Bertz CT molecular complexity index is 216. The third-order valence-electron chi connectivity index (χ3n) is 2.38. The molecule has 1 rings (SSSR count). The molecule has 0 fully saturated rings. The molecule has 0 aliphatic rings. The van der Waals surface area contributed by atoms with E-state index in [0.29, 0.717) is 12.0 Å². The second-order valence-corrected chi connectivity index (χ2v) is 3.77. The molecule has 74 valence electrons. The van der Waals surface area contributed by atoms with Gasteiger partial charge in [0.05, 0.1) is 0 Å². The molecule has 0 bridgehead atoms. The number of H-pyrrole nitrogens is 1. The molecule has 0 saturated carbocycles. The summed E-state index contributed by atoms with van der Waals surface area (Å²) in [6, 6.07) is 0.579. The molecule has 0 radical (unpaired) electrons. The number of hydrogen-bond acceptors (Lipinski definition) is 2. The summed E-state index contributed by atoms with van der Waals surface area (Å²) in [6.07, 6.45) is 4.63. The number of hydrogen-bond donors (Lipinski definition) is 2. The van der Waals surface area contributed by atoms with Crippen molar-refractivity contribution in [3.8, 4) is 0 Å². The largest absolute Gasteiger partial charge is 0.349 e. The quantitative estimate of drug-likeness (QED) is 0.724. The minimum atomic E-state index is 0.579. The molecule has 13 heavy (non-hydrogen) atoms. The van der Waals surface area contributed by atoms with Gasteiger partial charge in [-0.15, -0.1) is 0 Å². The van der Waals surface area contributed by atoms with Crippen molar-refractivity contribution in [2.75, 3.05) is 6.54 Å². The molecule has 0 aliphatic carbocycles. The molecule has 1 atom stereocenters. The van der Waals surface area contributed by atoms with Gasteiger partial charge in [0.15, 0.2) is 0 Å². The van der Waals surface area contributed by atoms with Crippen LogP contribution in [0, 0.1) is 5.92 Å². The lowest BCUT2D eigenvalue weighted by molar-refractivity contribution is 0.428. The summed E-state index contributed by atoms with van der Waals surface area (Å²) >= 11 is 0. The molecule has 2 N–H and O–H groups in total. The van der Waals surface area contributed by atoms with Crippen molar-refractivity contribution in [3.05, 3.63) is 18.2 Å². The highest BCUT2D eigenvalue weighted by Crippen LogP contribution is 1.99. The van der Waals surface area contributed by atoms with E-state index in [1.54, 1.807) is 6.20 Å². The Labute approximate surface area is 80.0 Å². The third-order valence-corrected chi connectivity index (χ3v) is 2.38. The first-order chi connectivity index (χ1) is 6.20. The SMILES string of the molecule is CC(C)C(C)NCCc1ncc[nH]1. The van der Waals surface area contributed by atoms with Crippen molar-refractivity contribution in [2.45, 2.75) is 33.2 Å². The first-order valence-corrected chi connectivity index (χ1v) is 4.91. The van der Waals surface area contributed by atoms with E-state index in [9.17, 15) is 0 Å². The minimum Gasteiger partial charge on any atom is -0.349 e. The van der Waals surface area contributed by atoms with E-state index >= 15 is 0 Å². The Balaban J connectivity index is 2.14. The van der Waals surface area contributed by atoms with Crippen LogP contribution in [0.5, 0.6) is 0 Å². The number of aromatic nitrogens is 2. The highest BCUT2D eigenvalue weighted by molar-refractivity contribution is 4.87. The maximum Gasteiger partial charge on any atom is 0.107 e. The second-order valence-electron chi connectivity index (χ2n) is 3.77. The lowest BCUT2D eigenvalue weighted by atomic mass is 10.1. The summed E-state index contributed by atoms with van der Waals surface area (Å²) < 4.78 is 0. The molecule has 0 aromatic carbocycles. The van der Waals surface area contributed by atoms with Crippen LogP contribution in [-0.4, -0.2) is 22.6 Å². The van der Waals surface area contributed by atoms with Gasteiger partial charge in [0.1, 0.15) is 5.82 Å². The number of imidazole rings is 1. The molecule has 3 nitrogen and oxygen atoms in total. The molecule has 1 aromatic rings. The molecule has 3 heteroatoms. The molecule has 0 spiro atoms. The average Bonchev–Trinajstić information content (AvgIpc) is 2.56. The maximum absolute atomic E-state index is 4.16. The smallest absolute Gasteiger partial charge is 0.107 e. The van der Waals surface area contributed by atoms with E-state index in [1.165, 1.54) is 0 Å². The zero-order valence-corrected chi connectivity index (χ0v) is 8.67. The fourth-order valence-electron chi connectivity index (χ4n) is 1.09. The topological polar surface area (TPSA) is 40.7 Å². The fourth-order valence-corrected chi connectivity index (χ4v) is 1.09. The van der Waals surface area contributed by atoms with Gasteiger partial charge < -0.3 is 10.3 Å². The van der Waals surface area contributed by atoms with E-state index in [4.69, 9.17) is 0 Å². The van der Waals surface area contributed by atoms with Gasteiger partial charge >= 0.3 is 0 Å². The van der Waals surface area contributed by atoms with Crippen molar-refractivity contribution >= 4 is 0 Å². The zero-order chi connectivity index (χ0) is 9.68. The van der Waals surface area contributed by atoms with Crippen LogP contribution in [0.2, 0.25) is 0 Å². The van der Waals surface area contributed by atoms with Gasteiger partial charge in [0.25, 0.3) is 0 Å². The van der Waals surface area contributed by atoms with Gasteiger partial charge in [-0.25, -0.2) is 4.98 Å². The maximum atomic E-state index is 4.16. The predicted molar refractivity (Wildman–Crippen MR) is 54.6 cm³/mol. The van der Waals surface area contributed by atoms with E-state index < -0.39 is 0 Å². The van der Waals surface area contributed by atoms with Crippen LogP contribution in [0.15, 0.2) is 12.4 Å². The van der Waals surface area contributed by atoms with Gasteiger partial charge in [0, 0.05) is 31.4 Å².